The summed E-state index contributed by atoms with van der Waals surface area (Å²) in [6, 6.07) is 21.3. The lowest BCUT2D eigenvalue weighted by molar-refractivity contribution is -0.116. The number of pyridine rings is 1. The number of allylic oxidation sites excluding steroid dienone is 3. The highest BCUT2D eigenvalue weighted by Crippen LogP contribution is 2.45. The molecule has 0 unspecified atom stereocenters. The van der Waals surface area contributed by atoms with Gasteiger partial charge in [-0.2, -0.15) is 0 Å². The number of anilines is 1. The Labute approximate surface area is 197 Å². The van der Waals surface area contributed by atoms with E-state index in [9.17, 15) is 14.0 Å². The van der Waals surface area contributed by atoms with E-state index < -0.39 is 17.6 Å². The summed E-state index contributed by atoms with van der Waals surface area (Å²) in [7, 11) is 0. The Morgan fingerprint density at radius 2 is 1.82 bits per heavy atom. The van der Waals surface area contributed by atoms with Crippen LogP contribution in [0.4, 0.5) is 10.1 Å². The summed E-state index contributed by atoms with van der Waals surface area (Å²) >= 11 is 0. The van der Waals surface area contributed by atoms with E-state index in [0.29, 0.717) is 41.1 Å². The number of amides is 1. The zero-order chi connectivity index (χ0) is 23.7. The van der Waals surface area contributed by atoms with Crippen molar-refractivity contribution in [3.05, 3.63) is 119 Å². The monoisotopic (exact) mass is 453 g/mol. The number of dihydropyridines is 1. The Morgan fingerprint density at radius 1 is 1.03 bits per heavy atom. The summed E-state index contributed by atoms with van der Waals surface area (Å²) in [5.74, 6) is -1.36. The van der Waals surface area contributed by atoms with Crippen LogP contribution in [-0.2, 0) is 9.59 Å². The molecular weight excluding hydrogens is 429 g/mol. The fraction of sp³-hybridized carbons (Fsp3) is 0.179. The SMILES string of the molecule is CC1=C(C(=O)Nc2cccc(F)c2)[C@@H](c2ccccn2)C2=C(C[C@H](c3ccccc3)CC2=O)N1. The van der Waals surface area contributed by atoms with Crippen LogP contribution >= 0.6 is 0 Å². The Bertz CT molecular complexity index is 1320. The van der Waals surface area contributed by atoms with Gasteiger partial charge < -0.3 is 10.6 Å². The summed E-state index contributed by atoms with van der Waals surface area (Å²) < 4.78 is 13.7. The van der Waals surface area contributed by atoms with Crippen molar-refractivity contribution in [3.8, 4) is 0 Å². The second-order valence-corrected chi connectivity index (χ2v) is 8.65. The quantitative estimate of drug-likeness (QED) is 0.568. The number of nitrogens with zero attached hydrogens (tertiary/aromatic N) is 1. The molecule has 0 fully saturated rings. The lowest BCUT2D eigenvalue weighted by atomic mass is 9.72. The molecule has 0 saturated heterocycles. The van der Waals surface area contributed by atoms with Crippen molar-refractivity contribution in [3.63, 3.8) is 0 Å². The third-order valence-electron chi connectivity index (χ3n) is 6.41. The minimum absolute atomic E-state index is 0.00168. The Hall–Kier alpha value is -4.06. The number of carbonyl (C=O) groups excluding carboxylic acids is 2. The highest BCUT2D eigenvalue weighted by Gasteiger charge is 2.41. The van der Waals surface area contributed by atoms with Crippen LogP contribution in [-0.4, -0.2) is 16.7 Å². The molecule has 3 aromatic rings. The first-order valence-corrected chi connectivity index (χ1v) is 11.3. The fourth-order valence-electron chi connectivity index (χ4n) is 4.91. The number of ketones is 1. The van der Waals surface area contributed by atoms with Crippen LogP contribution in [0.2, 0.25) is 0 Å². The molecule has 2 N–H and O–H groups in total. The van der Waals surface area contributed by atoms with Gasteiger partial charge in [0.25, 0.3) is 5.91 Å². The third kappa shape index (κ3) is 4.15. The van der Waals surface area contributed by atoms with Gasteiger partial charge in [-0.05, 0) is 55.2 Å². The Morgan fingerprint density at radius 3 is 2.56 bits per heavy atom. The molecule has 1 aliphatic heterocycles. The average molecular weight is 454 g/mol. The molecule has 170 valence electrons. The number of nitrogens with one attached hydrogen (secondary N) is 2. The van der Waals surface area contributed by atoms with E-state index in [0.717, 1.165) is 11.3 Å². The van der Waals surface area contributed by atoms with E-state index in [1.54, 1.807) is 18.3 Å². The van der Waals surface area contributed by atoms with Gasteiger partial charge in [0.1, 0.15) is 5.82 Å². The molecule has 0 bridgehead atoms. The summed E-state index contributed by atoms with van der Waals surface area (Å²) in [6.45, 7) is 1.83. The Kier molecular flexibility index (Phi) is 5.80. The van der Waals surface area contributed by atoms with Gasteiger partial charge in [-0.15, -0.1) is 0 Å². The van der Waals surface area contributed by atoms with Crippen molar-refractivity contribution >= 4 is 17.4 Å². The molecule has 5 nitrogen and oxygen atoms in total. The van der Waals surface area contributed by atoms with Crippen molar-refractivity contribution < 1.29 is 14.0 Å². The molecule has 1 amide bonds. The van der Waals surface area contributed by atoms with E-state index in [1.807, 2.05) is 49.4 Å². The zero-order valence-corrected chi connectivity index (χ0v) is 18.7. The topological polar surface area (TPSA) is 71.1 Å². The molecule has 0 radical (unpaired) electrons. The van der Waals surface area contributed by atoms with Gasteiger partial charge in [-0.3, -0.25) is 14.6 Å². The fourth-order valence-corrected chi connectivity index (χ4v) is 4.91. The number of Topliss-reactive ketones (excluding diaryl/α,β-unsaturated/α-hetero) is 1. The van der Waals surface area contributed by atoms with Crippen molar-refractivity contribution in [1.29, 1.82) is 0 Å². The average Bonchev–Trinajstić information content (AvgIpc) is 2.84. The van der Waals surface area contributed by atoms with Gasteiger partial charge in [0.15, 0.2) is 5.78 Å². The standard InChI is InChI=1S/C28H24FN3O2/c1-17-25(28(34)32-21-11-7-10-20(29)16-21)27(22-12-5-6-13-30-22)26-23(31-17)14-19(15-24(26)33)18-8-3-2-4-9-18/h2-13,16,19,27,31H,14-15H2,1H3,(H,32,34)/t19-,27+/m0/s1. The maximum Gasteiger partial charge on any atom is 0.254 e. The van der Waals surface area contributed by atoms with Crippen LogP contribution < -0.4 is 10.6 Å². The summed E-state index contributed by atoms with van der Waals surface area (Å²) in [6.07, 6.45) is 2.70. The number of benzene rings is 2. The highest BCUT2D eigenvalue weighted by atomic mass is 19.1. The lowest BCUT2D eigenvalue weighted by Crippen LogP contribution is -2.37. The van der Waals surface area contributed by atoms with Gasteiger partial charge in [-0.25, -0.2) is 4.39 Å². The van der Waals surface area contributed by atoms with Gasteiger partial charge in [0.05, 0.1) is 11.6 Å². The number of rotatable bonds is 4. The van der Waals surface area contributed by atoms with Crippen LogP contribution in [0.15, 0.2) is 102 Å². The molecule has 5 rings (SSSR count). The molecule has 34 heavy (non-hydrogen) atoms. The molecule has 1 aliphatic carbocycles. The molecule has 6 heteroatoms. The number of halogens is 1. The van der Waals surface area contributed by atoms with Crippen LogP contribution in [0.1, 0.15) is 42.9 Å². The zero-order valence-electron chi connectivity index (χ0n) is 18.7. The summed E-state index contributed by atoms with van der Waals surface area (Å²) in [4.78, 5) is 31.5. The maximum absolute atomic E-state index is 13.7. The smallest absolute Gasteiger partial charge is 0.254 e. The minimum Gasteiger partial charge on any atom is -0.362 e. The van der Waals surface area contributed by atoms with Gasteiger partial charge in [0, 0.05) is 40.8 Å². The van der Waals surface area contributed by atoms with Crippen molar-refractivity contribution in [1.82, 2.24) is 10.3 Å². The number of aromatic nitrogens is 1. The van der Waals surface area contributed by atoms with E-state index in [4.69, 9.17) is 0 Å². The maximum atomic E-state index is 13.7. The molecule has 2 heterocycles. The predicted octanol–water partition coefficient (Wildman–Crippen LogP) is 5.22. The van der Waals surface area contributed by atoms with E-state index >= 15 is 0 Å². The van der Waals surface area contributed by atoms with Crippen LogP contribution in [0, 0.1) is 5.82 Å². The van der Waals surface area contributed by atoms with Crippen LogP contribution in [0.5, 0.6) is 0 Å². The van der Waals surface area contributed by atoms with Crippen molar-refractivity contribution in [2.75, 3.05) is 5.32 Å². The molecule has 0 saturated carbocycles. The van der Waals surface area contributed by atoms with Crippen molar-refractivity contribution in [2.45, 2.75) is 31.6 Å². The summed E-state index contributed by atoms with van der Waals surface area (Å²) in [5, 5.41) is 6.14. The number of hydrogen-bond acceptors (Lipinski definition) is 4. The van der Waals surface area contributed by atoms with E-state index in [1.165, 1.54) is 18.2 Å². The molecule has 0 spiro atoms. The van der Waals surface area contributed by atoms with Crippen LogP contribution in [0.3, 0.4) is 0 Å². The number of carbonyl (C=O) groups is 2. The minimum atomic E-state index is -0.602. The van der Waals surface area contributed by atoms with E-state index in [-0.39, 0.29) is 11.7 Å². The molecule has 2 aliphatic rings. The predicted molar refractivity (Wildman–Crippen MR) is 128 cm³/mol. The normalized spacial score (nSPS) is 20.0. The van der Waals surface area contributed by atoms with Gasteiger partial charge in [0.2, 0.25) is 0 Å². The molecule has 2 aromatic carbocycles. The van der Waals surface area contributed by atoms with Crippen molar-refractivity contribution in [2.24, 2.45) is 0 Å². The third-order valence-corrected chi connectivity index (χ3v) is 6.41. The molecule has 2 atom stereocenters. The van der Waals surface area contributed by atoms with Gasteiger partial charge in [-0.1, -0.05) is 42.5 Å². The Balaban J connectivity index is 1.55. The molecular formula is C28H24FN3O2. The highest BCUT2D eigenvalue weighted by molar-refractivity contribution is 6.09. The number of hydrogen-bond donors (Lipinski definition) is 2. The first-order chi connectivity index (χ1) is 16.5. The van der Waals surface area contributed by atoms with Gasteiger partial charge >= 0.3 is 0 Å². The van der Waals surface area contributed by atoms with Crippen LogP contribution in [0.25, 0.3) is 0 Å². The molecule has 1 aromatic heterocycles. The summed E-state index contributed by atoms with van der Waals surface area (Å²) in [5.41, 5.74) is 4.59. The lowest BCUT2D eigenvalue weighted by Gasteiger charge is -2.36. The largest absolute Gasteiger partial charge is 0.362 e. The first-order valence-electron chi connectivity index (χ1n) is 11.3. The van der Waals surface area contributed by atoms with E-state index in [2.05, 4.69) is 15.6 Å². The second kappa shape index (κ2) is 9.06. The first kappa shape index (κ1) is 21.8. The second-order valence-electron chi connectivity index (χ2n) is 8.65.